The van der Waals surface area contributed by atoms with Crippen LogP contribution in [-0.4, -0.2) is 47.9 Å². The summed E-state index contributed by atoms with van der Waals surface area (Å²) in [6.45, 7) is 5.43. The van der Waals surface area contributed by atoms with Gasteiger partial charge in [0, 0.05) is 19.6 Å². The summed E-state index contributed by atoms with van der Waals surface area (Å²) in [5.74, 6) is 0.103. The first kappa shape index (κ1) is 15.1. The van der Waals surface area contributed by atoms with Crippen molar-refractivity contribution in [2.75, 3.05) is 37.7 Å². The van der Waals surface area contributed by atoms with Gasteiger partial charge in [0.15, 0.2) is 5.82 Å². The fourth-order valence-electron chi connectivity index (χ4n) is 2.54. The Morgan fingerprint density at radius 1 is 1.45 bits per heavy atom. The van der Waals surface area contributed by atoms with Crippen molar-refractivity contribution in [1.82, 2.24) is 14.6 Å². The lowest BCUT2D eigenvalue weighted by molar-refractivity contribution is 0.0965. The number of piperidine rings is 1. The van der Waals surface area contributed by atoms with E-state index in [2.05, 4.69) is 26.8 Å². The number of rotatable bonds is 5. The predicted molar refractivity (Wildman–Crippen MR) is 83.3 cm³/mol. The summed E-state index contributed by atoms with van der Waals surface area (Å²) in [5, 5.41) is 6.72. The van der Waals surface area contributed by atoms with E-state index in [0.29, 0.717) is 11.4 Å². The van der Waals surface area contributed by atoms with Gasteiger partial charge in [-0.3, -0.25) is 4.79 Å². The minimum absolute atomic E-state index is 0.191. The largest absolute Gasteiger partial charge is 0.382 e. The fourth-order valence-corrected chi connectivity index (χ4v) is 3.37. The monoisotopic (exact) mass is 297 g/mol. The molecule has 2 heterocycles. The zero-order valence-electron chi connectivity index (χ0n) is 12.1. The van der Waals surface area contributed by atoms with Crippen LogP contribution in [0.3, 0.4) is 0 Å². The second-order valence-corrected chi connectivity index (χ2v) is 6.03. The Morgan fingerprint density at radius 3 is 2.80 bits per heavy atom. The summed E-state index contributed by atoms with van der Waals surface area (Å²) in [5.41, 5.74) is 6.23. The van der Waals surface area contributed by atoms with Crippen LogP contribution in [0.15, 0.2) is 0 Å². The lowest BCUT2D eigenvalue weighted by Gasteiger charge is -2.29. The van der Waals surface area contributed by atoms with Crippen molar-refractivity contribution in [2.24, 2.45) is 0 Å². The molecule has 0 spiro atoms. The molecule has 0 aliphatic carbocycles. The molecule has 1 aliphatic rings. The quantitative estimate of drug-likeness (QED) is 0.764. The van der Waals surface area contributed by atoms with Gasteiger partial charge in [-0.05, 0) is 44.4 Å². The third-order valence-electron chi connectivity index (χ3n) is 3.53. The second-order valence-electron chi connectivity index (χ2n) is 5.26. The highest BCUT2D eigenvalue weighted by atomic mass is 32.1. The standard InChI is InChI=1S/C13H23N5OS/c1-9(8-18-6-4-3-5-7-18)16-13-10(12(19)15-2)11(14)17-20-13/h9,16H,3-8H2,1-2H3,(H2,14,17)(H,15,19). The van der Waals surface area contributed by atoms with Crippen LogP contribution < -0.4 is 16.4 Å². The van der Waals surface area contributed by atoms with E-state index in [1.54, 1.807) is 7.05 Å². The highest BCUT2D eigenvalue weighted by molar-refractivity contribution is 7.11. The van der Waals surface area contributed by atoms with Crippen LogP contribution in [0.1, 0.15) is 36.5 Å². The molecule has 7 heteroatoms. The first-order valence-electron chi connectivity index (χ1n) is 7.08. The Bertz CT molecular complexity index is 456. The molecule has 1 aromatic heterocycles. The molecule has 1 aromatic rings. The molecule has 1 unspecified atom stereocenters. The number of hydrogen-bond donors (Lipinski definition) is 3. The molecule has 0 aromatic carbocycles. The van der Waals surface area contributed by atoms with E-state index in [4.69, 9.17) is 5.73 Å². The van der Waals surface area contributed by atoms with Gasteiger partial charge in [-0.15, -0.1) is 0 Å². The molecule has 2 rings (SSSR count). The zero-order chi connectivity index (χ0) is 14.5. The number of hydrogen-bond acceptors (Lipinski definition) is 6. The summed E-state index contributed by atoms with van der Waals surface area (Å²) < 4.78 is 4.07. The average molecular weight is 297 g/mol. The highest BCUT2D eigenvalue weighted by Crippen LogP contribution is 2.27. The molecule has 0 bridgehead atoms. The van der Waals surface area contributed by atoms with E-state index in [1.807, 2.05) is 0 Å². The minimum Gasteiger partial charge on any atom is -0.382 e. The van der Waals surface area contributed by atoms with E-state index in [9.17, 15) is 4.79 Å². The SMILES string of the molecule is CNC(=O)c1c(N)nsc1NC(C)CN1CCCCC1. The molecule has 4 N–H and O–H groups in total. The molecule has 1 saturated heterocycles. The smallest absolute Gasteiger partial charge is 0.257 e. The third-order valence-corrected chi connectivity index (χ3v) is 4.32. The molecule has 20 heavy (non-hydrogen) atoms. The van der Waals surface area contributed by atoms with Crippen LogP contribution in [0.5, 0.6) is 0 Å². The molecular formula is C13H23N5OS. The normalized spacial score (nSPS) is 17.7. The topological polar surface area (TPSA) is 83.3 Å². The van der Waals surface area contributed by atoms with Crippen molar-refractivity contribution in [3.8, 4) is 0 Å². The number of carbonyl (C=O) groups is 1. The molecule has 0 radical (unpaired) electrons. The number of nitrogens with zero attached hydrogens (tertiary/aromatic N) is 2. The maximum atomic E-state index is 11.8. The Kier molecular flexibility index (Phi) is 5.19. The average Bonchev–Trinajstić information content (AvgIpc) is 2.80. The lowest BCUT2D eigenvalue weighted by atomic mass is 10.1. The van der Waals surface area contributed by atoms with Gasteiger partial charge in [0.05, 0.1) is 0 Å². The van der Waals surface area contributed by atoms with E-state index < -0.39 is 0 Å². The fraction of sp³-hybridized carbons (Fsp3) is 0.692. The molecule has 1 fully saturated rings. The highest BCUT2D eigenvalue weighted by Gasteiger charge is 2.20. The van der Waals surface area contributed by atoms with Gasteiger partial charge >= 0.3 is 0 Å². The van der Waals surface area contributed by atoms with Crippen molar-refractivity contribution >= 4 is 28.3 Å². The lowest BCUT2D eigenvalue weighted by Crippen LogP contribution is -2.38. The number of carbonyl (C=O) groups excluding carboxylic acids is 1. The Morgan fingerprint density at radius 2 is 2.15 bits per heavy atom. The summed E-state index contributed by atoms with van der Waals surface area (Å²) in [6, 6.07) is 0.261. The van der Waals surface area contributed by atoms with Crippen LogP contribution in [0.4, 0.5) is 10.8 Å². The first-order valence-corrected chi connectivity index (χ1v) is 7.85. The van der Waals surface area contributed by atoms with Crippen molar-refractivity contribution in [2.45, 2.75) is 32.2 Å². The number of likely N-dealkylation sites (tertiary alicyclic amines) is 1. The van der Waals surface area contributed by atoms with Gasteiger partial charge in [0.25, 0.3) is 5.91 Å². The molecule has 6 nitrogen and oxygen atoms in total. The maximum absolute atomic E-state index is 11.8. The van der Waals surface area contributed by atoms with E-state index in [-0.39, 0.29) is 11.9 Å². The van der Waals surface area contributed by atoms with Crippen molar-refractivity contribution in [3.05, 3.63) is 5.56 Å². The number of nitrogen functional groups attached to an aromatic ring is 1. The Balaban J connectivity index is 1.96. The number of nitrogens with two attached hydrogens (primary N) is 1. The molecule has 1 atom stereocenters. The van der Waals surface area contributed by atoms with Gasteiger partial charge < -0.3 is 21.3 Å². The summed E-state index contributed by atoms with van der Waals surface area (Å²) in [4.78, 5) is 14.3. The van der Waals surface area contributed by atoms with Gasteiger partial charge in [-0.2, -0.15) is 4.37 Å². The van der Waals surface area contributed by atoms with E-state index in [0.717, 1.165) is 11.5 Å². The number of amides is 1. The predicted octanol–water partition coefficient (Wildman–Crippen LogP) is 1.37. The number of aromatic nitrogens is 1. The van der Waals surface area contributed by atoms with Crippen LogP contribution in [0, 0.1) is 0 Å². The summed E-state index contributed by atoms with van der Waals surface area (Å²) >= 11 is 1.24. The van der Waals surface area contributed by atoms with Crippen molar-refractivity contribution in [1.29, 1.82) is 0 Å². The second kappa shape index (κ2) is 6.90. The third kappa shape index (κ3) is 3.61. The van der Waals surface area contributed by atoms with Crippen molar-refractivity contribution in [3.63, 3.8) is 0 Å². The molecule has 112 valence electrons. The summed E-state index contributed by atoms with van der Waals surface area (Å²) in [7, 11) is 1.60. The van der Waals surface area contributed by atoms with Crippen LogP contribution in [0.2, 0.25) is 0 Å². The molecule has 1 aliphatic heterocycles. The molecule has 0 saturated carbocycles. The molecular weight excluding hydrogens is 274 g/mol. The Labute approximate surface area is 123 Å². The van der Waals surface area contributed by atoms with Gasteiger partial charge in [0.1, 0.15) is 10.6 Å². The summed E-state index contributed by atoms with van der Waals surface area (Å²) in [6.07, 6.45) is 3.90. The van der Waals surface area contributed by atoms with E-state index >= 15 is 0 Å². The van der Waals surface area contributed by atoms with Gasteiger partial charge in [-0.1, -0.05) is 6.42 Å². The van der Waals surface area contributed by atoms with Crippen molar-refractivity contribution < 1.29 is 4.79 Å². The van der Waals surface area contributed by atoms with Crippen LogP contribution >= 0.6 is 11.5 Å². The zero-order valence-corrected chi connectivity index (χ0v) is 12.9. The van der Waals surface area contributed by atoms with Gasteiger partial charge in [0.2, 0.25) is 0 Å². The van der Waals surface area contributed by atoms with Gasteiger partial charge in [-0.25, -0.2) is 0 Å². The number of anilines is 2. The molecule has 1 amide bonds. The van der Waals surface area contributed by atoms with E-state index in [1.165, 1.54) is 43.9 Å². The minimum atomic E-state index is -0.191. The number of nitrogens with one attached hydrogen (secondary N) is 2. The van der Waals surface area contributed by atoms with Crippen LogP contribution in [-0.2, 0) is 0 Å². The first-order chi connectivity index (χ1) is 9.61. The maximum Gasteiger partial charge on any atom is 0.257 e. The Hall–Kier alpha value is -1.34. The van der Waals surface area contributed by atoms with Crippen LogP contribution in [0.25, 0.3) is 0 Å².